The smallest absolute Gasteiger partial charge is 0.330 e. The number of hydrogen-bond acceptors (Lipinski definition) is 6. The Hall–Kier alpha value is -2.15. The summed E-state index contributed by atoms with van der Waals surface area (Å²) in [5.41, 5.74) is -1.63. The van der Waals surface area contributed by atoms with Crippen LogP contribution in [-0.2, 0) is 28.6 Å². The predicted molar refractivity (Wildman–Crippen MR) is 87.9 cm³/mol. The fourth-order valence-electron chi connectivity index (χ4n) is 5.69. The molecule has 140 valence electrons. The number of carbonyl (C=O) groups is 3. The number of ether oxygens (including phenoxy) is 3. The highest BCUT2D eigenvalue weighted by Crippen LogP contribution is 2.71. The lowest BCUT2D eigenvalue weighted by Gasteiger charge is -2.51. The van der Waals surface area contributed by atoms with Gasteiger partial charge in [0.25, 0.3) is 0 Å². The van der Waals surface area contributed by atoms with Crippen molar-refractivity contribution in [2.24, 2.45) is 16.7 Å². The molecule has 0 radical (unpaired) electrons. The second-order valence-corrected chi connectivity index (χ2v) is 8.12. The molecule has 26 heavy (non-hydrogen) atoms. The fourth-order valence-corrected chi connectivity index (χ4v) is 5.69. The number of aliphatic carboxylic acids is 1. The Morgan fingerprint density at radius 1 is 1.27 bits per heavy atom. The van der Waals surface area contributed by atoms with Crippen molar-refractivity contribution in [3.05, 3.63) is 23.8 Å². The third-order valence-electron chi connectivity index (χ3n) is 6.76. The molecule has 4 aliphatic rings. The Morgan fingerprint density at radius 2 is 1.96 bits per heavy atom. The van der Waals surface area contributed by atoms with Crippen molar-refractivity contribution in [3.63, 3.8) is 0 Å². The topological polar surface area (TPSA) is 102 Å². The van der Waals surface area contributed by atoms with Gasteiger partial charge in [-0.2, -0.15) is 0 Å². The van der Waals surface area contributed by atoms with Crippen LogP contribution in [0.2, 0.25) is 0 Å². The van der Waals surface area contributed by atoms with Crippen molar-refractivity contribution in [2.75, 3.05) is 7.11 Å². The lowest BCUT2D eigenvalue weighted by atomic mass is 9.48. The quantitative estimate of drug-likeness (QED) is 0.462. The van der Waals surface area contributed by atoms with E-state index in [2.05, 4.69) is 4.74 Å². The van der Waals surface area contributed by atoms with Gasteiger partial charge < -0.3 is 19.3 Å². The highest BCUT2D eigenvalue weighted by atomic mass is 16.7. The summed E-state index contributed by atoms with van der Waals surface area (Å²) < 4.78 is 16.3. The van der Waals surface area contributed by atoms with Gasteiger partial charge in [-0.25, -0.2) is 9.59 Å². The van der Waals surface area contributed by atoms with Crippen molar-refractivity contribution < 1.29 is 33.7 Å². The van der Waals surface area contributed by atoms with Crippen LogP contribution in [0.15, 0.2) is 23.8 Å². The van der Waals surface area contributed by atoms with Crippen LogP contribution in [0.1, 0.15) is 33.1 Å². The molecule has 2 aliphatic heterocycles. The number of methoxy groups -OCH3 is 1. The van der Waals surface area contributed by atoms with Crippen LogP contribution in [0.3, 0.4) is 0 Å². The summed E-state index contributed by atoms with van der Waals surface area (Å²) in [5, 5.41) is 9.46. The SMILES string of the molecule is COC(=O)C=C[C@@]12O[C@@H]1[C@H]1OC(=O)[C@@]3(C)CCC[C@](C)(C2=CC(=O)O)[C@@H]13. The minimum Gasteiger partial charge on any atom is -0.478 e. The van der Waals surface area contributed by atoms with Gasteiger partial charge in [0.15, 0.2) is 0 Å². The first kappa shape index (κ1) is 17.3. The first-order valence-corrected chi connectivity index (χ1v) is 8.81. The Kier molecular flexibility index (Phi) is 3.45. The van der Waals surface area contributed by atoms with Gasteiger partial charge in [0, 0.05) is 18.1 Å². The molecule has 4 fully saturated rings. The zero-order valence-corrected chi connectivity index (χ0v) is 15.0. The molecule has 1 N–H and O–H groups in total. The molecular weight excluding hydrogens is 340 g/mol. The average Bonchev–Trinajstić information content (AvgIpc) is 3.24. The fraction of sp³-hybridized carbons (Fsp3) is 0.632. The number of esters is 2. The zero-order chi connectivity index (χ0) is 18.9. The van der Waals surface area contributed by atoms with E-state index in [-0.39, 0.29) is 11.9 Å². The molecule has 4 rings (SSSR count). The molecule has 7 nitrogen and oxygen atoms in total. The van der Waals surface area contributed by atoms with Crippen LogP contribution in [0.25, 0.3) is 0 Å². The molecule has 7 heteroatoms. The standard InChI is InChI=1S/C19H22O7/c1-17-6-4-7-18(2)14(17)13(25-16(18)23)15-19(26-15,8-5-12(22)24-3)10(17)9-11(20)21/h5,8-9,13-15H,4,6-7H2,1-3H3,(H,20,21)/t13-,14+,15+,17+,18-,19-/m0/s1. The monoisotopic (exact) mass is 362 g/mol. The van der Waals surface area contributed by atoms with E-state index >= 15 is 0 Å². The summed E-state index contributed by atoms with van der Waals surface area (Å²) in [4.78, 5) is 35.8. The maximum Gasteiger partial charge on any atom is 0.330 e. The number of carbonyl (C=O) groups excluding carboxylic acids is 2. The van der Waals surface area contributed by atoms with Crippen molar-refractivity contribution in [1.29, 1.82) is 0 Å². The first-order chi connectivity index (χ1) is 12.2. The van der Waals surface area contributed by atoms with Crippen LogP contribution >= 0.6 is 0 Å². The van der Waals surface area contributed by atoms with E-state index in [9.17, 15) is 19.5 Å². The van der Waals surface area contributed by atoms with Crippen LogP contribution in [0.5, 0.6) is 0 Å². The summed E-state index contributed by atoms with van der Waals surface area (Å²) >= 11 is 0. The van der Waals surface area contributed by atoms with Gasteiger partial charge in [0.05, 0.1) is 12.5 Å². The van der Waals surface area contributed by atoms with Crippen LogP contribution in [0.4, 0.5) is 0 Å². The Morgan fingerprint density at radius 3 is 2.62 bits per heavy atom. The summed E-state index contributed by atoms with van der Waals surface area (Å²) in [7, 11) is 1.27. The number of carboxylic acid groups (broad SMARTS) is 1. The van der Waals surface area contributed by atoms with Gasteiger partial charge in [-0.3, -0.25) is 4.79 Å². The van der Waals surface area contributed by atoms with Crippen LogP contribution in [0, 0.1) is 16.7 Å². The molecule has 0 bridgehead atoms. The summed E-state index contributed by atoms with van der Waals surface area (Å²) in [5.74, 6) is -2.00. The average molecular weight is 362 g/mol. The van der Waals surface area contributed by atoms with E-state index in [1.54, 1.807) is 6.08 Å². The van der Waals surface area contributed by atoms with Gasteiger partial charge in [-0.15, -0.1) is 0 Å². The largest absolute Gasteiger partial charge is 0.478 e. The molecule has 0 unspecified atom stereocenters. The number of fused-ring (bicyclic) bond motifs is 2. The highest BCUT2D eigenvalue weighted by molar-refractivity contribution is 5.85. The highest BCUT2D eigenvalue weighted by Gasteiger charge is 2.78. The van der Waals surface area contributed by atoms with E-state index in [1.807, 2.05) is 13.8 Å². The van der Waals surface area contributed by atoms with Gasteiger partial charge in [0.2, 0.25) is 0 Å². The minimum absolute atomic E-state index is 0.144. The van der Waals surface area contributed by atoms with Crippen molar-refractivity contribution in [3.8, 4) is 0 Å². The lowest BCUT2D eigenvalue weighted by molar-refractivity contribution is -0.149. The Labute approximate surface area is 151 Å². The second kappa shape index (κ2) is 5.19. The van der Waals surface area contributed by atoms with E-state index in [0.717, 1.165) is 19.3 Å². The van der Waals surface area contributed by atoms with Crippen LogP contribution < -0.4 is 0 Å². The van der Waals surface area contributed by atoms with E-state index in [4.69, 9.17) is 9.47 Å². The summed E-state index contributed by atoms with van der Waals surface area (Å²) in [6.07, 6.45) is 5.33. The maximum atomic E-state index is 12.6. The molecule has 0 aromatic carbocycles. The van der Waals surface area contributed by atoms with Crippen LogP contribution in [-0.4, -0.2) is 47.9 Å². The first-order valence-electron chi connectivity index (χ1n) is 8.81. The van der Waals surface area contributed by atoms with Crippen molar-refractivity contribution in [2.45, 2.75) is 50.9 Å². The third-order valence-corrected chi connectivity index (χ3v) is 6.76. The molecule has 0 aromatic heterocycles. The summed E-state index contributed by atoms with van der Waals surface area (Å²) in [6, 6.07) is 0. The molecule has 2 saturated carbocycles. The number of rotatable bonds is 3. The van der Waals surface area contributed by atoms with Gasteiger partial charge in [-0.1, -0.05) is 13.3 Å². The maximum absolute atomic E-state index is 12.6. The normalized spacial score (nSPS) is 47.3. The lowest BCUT2D eigenvalue weighted by Crippen LogP contribution is -2.55. The number of hydrogen-bond donors (Lipinski definition) is 1. The van der Waals surface area contributed by atoms with Gasteiger partial charge in [-0.05, 0) is 36.8 Å². The molecule has 2 aliphatic carbocycles. The van der Waals surface area contributed by atoms with E-state index in [1.165, 1.54) is 19.3 Å². The predicted octanol–water partition coefficient (Wildman–Crippen LogP) is 1.62. The molecular formula is C19H22O7. The molecule has 2 heterocycles. The van der Waals surface area contributed by atoms with Crippen molar-refractivity contribution in [1.82, 2.24) is 0 Å². The Balaban J connectivity index is 1.86. The molecule has 0 amide bonds. The van der Waals surface area contributed by atoms with Gasteiger partial charge in [0.1, 0.15) is 17.8 Å². The summed E-state index contributed by atoms with van der Waals surface area (Å²) in [6.45, 7) is 3.90. The number of carboxylic acids is 1. The molecule has 2 saturated heterocycles. The second-order valence-electron chi connectivity index (χ2n) is 8.12. The van der Waals surface area contributed by atoms with E-state index < -0.39 is 40.6 Å². The molecule has 6 atom stereocenters. The molecule has 0 spiro atoms. The minimum atomic E-state index is -1.07. The Bertz CT molecular complexity index is 768. The van der Waals surface area contributed by atoms with Gasteiger partial charge >= 0.3 is 17.9 Å². The zero-order valence-electron chi connectivity index (χ0n) is 15.0. The van der Waals surface area contributed by atoms with E-state index in [0.29, 0.717) is 5.57 Å². The van der Waals surface area contributed by atoms with Crippen molar-refractivity contribution >= 4 is 17.9 Å². The number of epoxide rings is 1. The molecule has 0 aromatic rings. The third kappa shape index (κ3) is 2.00.